The van der Waals surface area contributed by atoms with Crippen LogP contribution in [0, 0.1) is 0 Å². The van der Waals surface area contributed by atoms with Crippen LogP contribution in [0.25, 0.3) is 0 Å². The van der Waals surface area contributed by atoms with Gasteiger partial charge in [-0.15, -0.1) is 0 Å². The number of carbonyl (C=O) groups is 1. The number of benzene rings is 1. The highest BCUT2D eigenvalue weighted by Crippen LogP contribution is 2.11. The summed E-state index contributed by atoms with van der Waals surface area (Å²) in [6, 6.07) is 13.4. The van der Waals surface area contributed by atoms with Crippen molar-refractivity contribution in [3.05, 3.63) is 65.5 Å². The lowest BCUT2D eigenvalue weighted by atomic mass is 10.1. The quantitative estimate of drug-likeness (QED) is 0.910. The molecule has 19 heavy (non-hydrogen) atoms. The zero-order valence-corrected chi connectivity index (χ0v) is 11.6. The Labute approximate surface area is 117 Å². The van der Waals surface area contributed by atoms with Crippen LogP contribution in [0.1, 0.15) is 21.6 Å². The molecule has 3 nitrogen and oxygen atoms in total. The number of carbonyl (C=O) groups excluding carboxylic acids is 1. The van der Waals surface area contributed by atoms with Crippen LogP contribution in [0.2, 0.25) is 0 Å². The summed E-state index contributed by atoms with van der Waals surface area (Å²) in [7, 11) is 0. The van der Waals surface area contributed by atoms with Crippen molar-refractivity contribution in [3.63, 3.8) is 0 Å². The summed E-state index contributed by atoms with van der Waals surface area (Å²) in [6.45, 7) is 0.451. The van der Waals surface area contributed by atoms with Gasteiger partial charge in [-0.3, -0.25) is 9.78 Å². The molecule has 1 aromatic heterocycles. The number of amides is 1. The van der Waals surface area contributed by atoms with Crippen molar-refractivity contribution in [1.82, 2.24) is 10.3 Å². The molecule has 1 amide bonds. The molecule has 2 aromatic rings. The average molecular weight is 272 g/mol. The van der Waals surface area contributed by atoms with E-state index in [9.17, 15) is 4.79 Å². The highest BCUT2D eigenvalue weighted by atomic mass is 32.2. The van der Waals surface area contributed by atoms with Crippen LogP contribution in [0.4, 0.5) is 0 Å². The summed E-state index contributed by atoms with van der Waals surface area (Å²) in [5.74, 6) is 0.857. The number of hydrogen-bond donors (Lipinski definition) is 1. The summed E-state index contributed by atoms with van der Waals surface area (Å²) < 4.78 is 0. The average Bonchev–Trinajstić information content (AvgIpc) is 2.46. The van der Waals surface area contributed by atoms with Crippen molar-refractivity contribution in [2.24, 2.45) is 0 Å². The minimum Gasteiger partial charge on any atom is -0.346 e. The predicted molar refractivity (Wildman–Crippen MR) is 79.1 cm³/mol. The summed E-state index contributed by atoms with van der Waals surface area (Å²) in [5.41, 5.74) is 2.72. The molecule has 0 saturated carbocycles. The molecule has 0 unspecified atom stereocenters. The Kier molecular flexibility index (Phi) is 4.98. The number of rotatable bonds is 5. The zero-order valence-electron chi connectivity index (χ0n) is 10.8. The number of nitrogens with one attached hydrogen (secondary N) is 1. The van der Waals surface area contributed by atoms with Gasteiger partial charge < -0.3 is 5.32 Å². The van der Waals surface area contributed by atoms with Crippen molar-refractivity contribution in [2.45, 2.75) is 12.3 Å². The van der Waals surface area contributed by atoms with Gasteiger partial charge in [0, 0.05) is 17.5 Å². The molecule has 1 N–H and O–H groups in total. The molecule has 0 atom stereocenters. The largest absolute Gasteiger partial charge is 0.346 e. The molecule has 0 saturated heterocycles. The Hall–Kier alpha value is -1.81. The van der Waals surface area contributed by atoms with E-state index in [1.165, 1.54) is 0 Å². The van der Waals surface area contributed by atoms with Gasteiger partial charge in [0.2, 0.25) is 0 Å². The van der Waals surface area contributed by atoms with E-state index in [-0.39, 0.29) is 5.91 Å². The van der Waals surface area contributed by atoms with Crippen molar-refractivity contribution < 1.29 is 4.79 Å². The highest BCUT2D eigenvalue weighted by molar-refractivity contribution is 7.97. The van der Waals surface area contributed by atoms with Crippen LogP contribution in [0.5, 0.6) is 0 Å². The van der Waals surface area contributed by atoms with Crippen molar-refractivity contribution in [1.29, 1.82) is 0 Å². The Morgan fingerprint density at radius 1 is 1.26 bits per heavy atom. The lowest BCUT2D eigenvalue weighted by Gasteiger charge is -2.06. The van der Waals surface area contributed by atoms with Crippen LogP contribution in [-0.4, -0.2) is 17.1 Å². The fraction of sp³-hybridized carbons (Fsp3) is 0.200. The van der Waals surface area contributed by atoms with E-state index in [4.69, 9.17) is 0 Å². The smallest absolute Gasteiger partial charge is 0.251 e. The minimum atomic E-state index is -0.0615. The Morgan fingerprint density at radius 2 is 2.16 bits per heavy atom. The molecule has 0 aliphatic rings. The van der Waals surface area contributed by atoms with Gasteiger partial charge in [0.1, 0.15) is 0 Å². The van der Waals surface area contributed by atoms with Crippen molar-refractivity contribution in [3.8, 4) is 0 Å². The van der Waals surface area contributed by atoms with E-state index < -0.39 is 0 Å². The van der Waals surface area contributed by atoms with Gasteiger partial charge >= 0.3 is 0 Å². The maximum Gasteiger partial charge on any atom is 0.251 e. The molecule has 4 heteroatoms. The molecule has 98 valence electrons. The molecule has 0 spiro atoms. The Balaban J connectivity index is 1.98. The molecule has 2 rings (SSSR count). The summed E-state index contributed by atoms with van der Waals surface area (Å²) in [4.78, 5) is 16.2. The Bertz CT molecular complexity index is 543. The van der Waals surface area contributed by atoms with Crippen LogP contribution < -0.4 is 5.32 Å². The third kappa shape index (κ3) is 4.10. The standard InChI is InChI=1S/C15H16N2OS/c1-19-11-12-5-4-6-13(9-12)15(18)17-10-14-7-2-3-8-16-14/h2-9H,10-11H2,1H3,(H,17,18). The summed E-state index contributed by atoms with van der Waals surface area (Å²) >= 11 is 1.74. The van der Waals surface area contributed by atoms with E-state index in [2.05, 4.69) is 10.3 Å². The maximum absolute atomic E-state index is 12.0. The first-order valence-corrected chi connectivity index (χ1v) is 7.45. The first-order valence-electron chi connectivity index (χ1n) is 6.05. The molecule has 0 fully saturated rings. The van der Waals surface area contributed by atoms with Crippen LogP contribution in [0.3, 0.4) is 0 Å². The van der Waals surface area contributed by atoms with E-state index in [0.29, 0.717) is 12.1 Å². The molecular formula is C15H16N2OS. The highest BCUT2D eigenvalue weighted by Gasteiger charge is 2.06. The van der Waals surface area contributed by atoms with E-state index in [1.54, 1.807) is 18.0 Å². The topological polar surface area (TPSA) is 42.0 Å². The number of aromatic nitrogens is 1. The lowest BCUT2D eigenvalue weighted by Crippen LogP contribution is -2.23. The normalized spacial score (nSPS) is 10.2. The summed E-state index contributed by atoms with van der Waals surface area (Å²) in [6.07, 6.45) is 3.77. The van der Waals surface area contributed by atoms with Crippen LogP contribution >= 0.6 is 11.8 Å². The van der Waals surface area contributed by atoms with E-state index in [1.807, 2.05) is 48.7 Å². The Morgan fingerprint density at radius 3 is 2.89 bits per heavy atom. The number of nitrogens with zero attached hydrogens (tertiary/aromatic N) is 1. The molecule has 0 aliphatic carbocycles. The van der Waals surface area contributed by atoms with E-state index in [0.717, 1.165) is 17.0 Å². The van der Waals surface area contributed by atoms with Gasteiger partial charge in [0.25, 0.3) is 5.91 Å². The van der Waals surface area contributed by atoms with Gasteiger partial charge in [-0.2, -0.15) is 11.8 Å². The second-order valence-electron chi connectivity index (χ2n) is 4.14. The molecule has 1 heterocycles. The fourth-order valence-electron chi connectivity index (χ4n) is 1.74. The number of pyridine rings is 1. The van der Waals surface area contributed by atoms with Crippen LogP contribution in [-0.2, 0) is 12.3 Å². The molecular weight excluding hydrogens is 256 g/mol. The van der Waals surface area contributed by atoms with Gasteiger partial charge in [-0.05, 0) is 36.1 Å². The third-order valence-corrected chi connectivity index (χ3v) is 3.28. The first-order chi connectivity index (χ1) is 9.29. The number of thioether (sulfide) groups is 1. The lowest BCUT2D eigenvalue weighted by molar-refractivity contribution is 0.0950. The van der Waals surface area contributed by atoms with Gasteiger partial charge in [0.05, 0.1) is 12.2 Å². The molecule has 0 radical (unpaired) electrons. The van der Waals surface area contributed by atoms with Gasteiger partial charge in [-0.1, -0.05) is 18.2 Å². The van der Waals surface area contributed by atoms with E-state index >= 15 is 0 Å². The molecule has 0 aliphatic heterocycles. The third-order valence-electron chi connectivity index (χ3n) is 2.66. The SMILES string of the molecule is CSCc1cccc(C(=O)NCc2ccccn2)c1. The van der Waals surface area contributed by atoms with Crippen LogP contribution in [0.15, 0.2) is 48.7 Å². The predicted octanol–water partition coefficient (Wildman–Crippen LogP) is 2.87. The monoisotopic (exact) mass is 272 g/mol. The second kappa shape index (κ2) is 6.95. The minimum absolute atomic E-state index is 0.0615. The first kappa shape index (κ1) is 13.6. The summed E-state index contributed by atoms with van der Waals surface area (Å²) in [5, 5.41) is 2.88. The van der Waals surface area contributed by atoms with Crippen molar-refractivity contribution >= 4 is 17.7 Å². The van der Waals surface area contributed by atoms with Gasteiger partial charge in [-0.25, -0.2) is 0 Å². The molecule has 1 aromatic carbocycles. The van der Waals surface area contributed by atoms with Crippen molar-refractivity contribution in [2.75, 3.05) is 6.26 Å². The maximum atomic E-state index is 12.0. The second-order valence-corrected chi connectivity index (χ2v) is 5.00. The molecule has 0 bridgehead atoms. The number of hydrogen-bond acceptors (Lipinski definition) is 3. The zero-order chi connectivity index (χ0) is 13.5. The fourth-order valence-corrected chi connectivity index (χ4v) is 2.26. The van der Waals surface area contributed by atoms with Gasteiger partial charge in [0.15, 0.2) is 0 Å².